The van der Waals surface area contributed by atoms with Crippen LogP contribution in [0.3, 0.4) is 0 Å². The van der Waals surface area contributed by atoms with Crippen molar-refractivity contribution in [2.24, 2.45) is 17.6 Å². The summed E-state index contributed by atoms with van der Waals surface area (Å²) in [7, 11) is 0. The van der Waals surface area contributed by atoms with Crippen molar-refractivity contribution in [3.63, 3.8) is 0 Å². The maximum absolute atomic E-state index is 13.5. The normalized spacial score (nSPS) is 12.9. The second-order valence-electron chi connectivity index (χ2n) is 12.4. The molecule has 0 bridgehead atoms. The number of hydrogen-bond acceptors (Lipinski definition) is 11. The molecular formula is C35H44N4O16. The molecule has 9 N–H and O–H groups in total. The number of nitrogens with one attached hydrogen (secondary N) is 2. The summed E-state index contributed by atoms with van der Waals surface area (Å²) in [6.07, 6.45) is -1.99. The summed E-state index contributed by atoms with van der Waals surface area (Å²) in [5.74, 6) is -12.4. The molecule has 0 saturated heterocycles. The second-order valence-corrected chi connectivity index (χ2v) is 12.4. The summed E-state index contributed by atoms with van der Waals surface area (Å²) < 4.78 is 11.1. The molecule has 1 heterocycles. The molecule has 0 saturated carbocycles. The van der Waals surface area contributed by atoms with Gasteiger partial charge in [0.2, 0.25) is 24.1 Å². The number of furan rings is 1. The highest BCUT2D eigenvalue weighted by atomic mass is 16.5. The third-order valence-electron chi connectivity index (χ3n) is 8.44. The number of carboxylic acid groups (broad SMARTS) is 5. The zero-order valence-electron chi connectivity index (χ0n) is 29.6. The van der Waals surface area contributed by atoms with Gasteiger partial charge in [0, 0.05) is 37.8 Å². The lowest BCUT2D eigenvalue weighted by Gasteiger charge is -2.29. The van der Waals surface area contributed by atoms with Crippen molar-refractivity contribution in [1.29, 1.82) is 0 Å². The lowest BCUT2D eigenvalue weighted by atomic mass is 9.85. The first-order chi connectivity index (χ1) is 26.0. The van der Waals surface area contributed by atoms with E-state index >= 15 is 0 Å². The molecule has 0 aliphatic rings. The van der Waals surface area contributed by atoms with Crippen LogP contribution in [0.25, 0.3) is 0 Å². The third-order valence-corrected chi connectivity index (χ3v) is 8.44. The zero-order chi connectivity index (χ0) is 41.1. The van der Waals surface area contributed by atoms with Crippen LogP contribution in [0.1, 0.15) is 68.3 Å². The van der Waals surface area contributed by atoms with Gasteiger partial charge in [0.05, 0.1) is 24.6 Å². The largest absolute Gasteiger partial charge is 0.489 e. The van der Waals surface area contributed by atoms with Gasteiger partial charge in [-0.25, -0.2) is 9.59 Å². The van der Waals surface area contributed by atoms with Crippen molar-refractivity contribution in [3.05, 3.63) is 53.5 Å². The molecule has 0 radical (unpaired) electrons. The highest BCUT2D eigenvalue weighted by Gasteiger charge is 2.35. The van der Waals surface area contributed by atoms with Crippen molar-refractivity contribution >= 4 is 54.0 Å². The predicted octanol–water partition coefficient (Wildman–Crippen LogP) is 0.591. The molecule has 20 nitrogen and oxygen atoms in total. The van der Waals surface area contributed by atoms with Crippen LogP contribution in [-0.4, -0.2) is 103 Å². The Morgan fingerprint density at radius 2 is 1.42 bits per heavy atom. The van der Waals surface area contributed by atoms with Crippen LogP contribution in [0, 0.1) is 11.8 Å². The zero-order valence-corrected chi connectivity index (χ0v) is 29.6. The average molecular weight is 777 g/mol. The number of carbonyl (C=O) groups is 9. The monoisotopic (exact) mass is 776 g/mol. The van der Waals surface area contributed by atoms with Gasteiger partial charge < -0.3 is 56.0 Å². The Morgan fingerprint density at radius 3 is 1.96 bits per heavy atom. The van der Waals surface area contributed by atoms with Crippen LogP contribution >= 0.6 is 0 Å². The minimum absolute atomic E-state index is 0.134. The Labute approximate surface area is 313 Å². The maximum Gasteiger partial charge on any atom is 0.326 e. The summed E-state index contributed by atoms with van der Waals surface area (Å²) in [4.78, 5) is 108. The summed E-state index contributed by atoms with van der Waals surface area (Å²) in [5, 5.41) is 52.2. The van der Waals surface area contributed by atoms with Gasteiger partial charge in [-0.3, -0.25) is 33.6 Å². The SMILES string of the molecule is NC(=O)CC[C@@H](C(=O)O)N(CCc1ccc(OCc2coc(CNC=O)c2)cc1)C(=O)CC[C@H](NC(=O)CC[C@H](C(=O)O)[C@@H](CCC(=O)O)C(=O)O)C(=O)O. The van der Waals surface area contributed by atoms with Crippen molar-refractivity contribution in [2.45, 2.75) is 83.0 Å². The Balaban J connectivity index is 2.10. The van der Waals surface area contributed by atoms with Crippen molar-refractivity contribution in [1.82, 2.24) is 15.5 Å². The number of aliphatic carboxylic acids is 5. The molecule has 1 aromatic carbocycles. The molecule has 0 aliphatic carbocycles. The predicted molar refractivity (Wildman–Crippen MR) is 185 cm³/mol. The topological polar surface area (TPSA) is 330 Å². The van der Waals surface area contributed by atoms with Crippen LogP contribution < -0.4 is 21.1 Å². The molecule has 0 aliphatic heterocycles. The summed E-state index contributed by atoms with van der Waals surface area (Å²) >= 11 is 0. The lowest BCUT2D eigenvalue weighted by Crippen LogP contribution is -2.47. The fraction of sp³-hybridized carbons (Fsp3) is 0.457. The van der Waals surface area contributed by atoms with E-state index in [0.29, 0.717) is 29.0 Å². The van der Waals surface area contributed by atoms with Crippen molar-refractivity contribution < 1.29 is 77.8 Å². The van der Waals surface area contributed by atoms with E-state index in [1.807, 2.05) is 0 Å². The highest BCUT2D eigenvalue weighted by molar-refractivity contribution is 5.87. The second kappa shape index (κ2) is 22.6. The molecule has 0 fully saturated rings. The number of benzene rings is 1. The first-order valence-electron chi connectivity index (χ1n) is 17.0. The molecule has 0 unspecified atom stereocenters. The molecule has 0 spiro atoms. The van der Waals surface area contributed by atoms with Crippen LogP contribution in [0.15, 0.2) is 41.0 Å². The molecule has 2 aromatic rings. The van der Waals surface area contributed by atoms with Crippen molar-refractivity contribution in [3.8, 4) is 5.75 Å². The lowest BCUT2D eigenvalue weighted by molar-refractivity contribution is -0.155. The van der Waals surface area contributed by atoms with Gasteiger partial charge in [0.25, 0.3) is 0 Å². The molecule has 2 rings (SSSR count). The Bertz CT molecular complexity index is 1670. The number of amides is 4. The minimum Gasteiger partial charge on any atom is -0.489 e. The van der Waals surface area contributed by atoms with Crippen LogP contribution in [0.5, 0.6) is 5.75 Å². The summed E-state index contributed by atoms with van der Waals surface area (Å²) in [6.45, 7) is 0.204. The molecule has 4 amide bonds. The smallest absolute Gasteiger partial charge is 0.326 e. The molecule has 300 valence electrons. The molecule has 55 heavy (non-hydrogen) atoms. The molecular weight excluding hydrogens is 732 g/mol. The van der Waals surface area contributed by atoms with Crippen LogP contribution in [0.2, 0.25) is 0 Å². The van der Waals surface area contributed by atoms with Gasteiger partial charge in [-0.05, 0) is 55.9 Å². The number of carbonyl (C=O) groups excluding carboxylic acids is 4. The standard InChI is InChI=1S/C35H44N4O16/c36-28(41)9-8-27(35(52)53)39(14-13-20-1-3-22(4-2-20)54-17-21-15-23(55-18-21)16-37-19-40)30(43)11-7-26(34(50)51)38-29(42)10-5-24(32(46)47)25(33(48)49)6-12-31(44)45/h1-4,15,18-19,24-27H,5-14,16-17H2,(H2,36,41)(H,37,40)(H,38,42)(H,44,45)(H,46,47)(H,48,49)(H,50,51)(H,52,53)/t24-,25+,26-,27-/m0/s1. The summed E-state index contributed by atoms with van der Waals surface area (Å²) in [5.41, 5.74) is 6.60. The number of nitrogens with zero attached hydrogens (tertiary/aromatic N) is 1. The first kappa shape index (κ1) is 44.7. The first-order valence-corrected chi connectivity index (χ1v) is 17.0. The van der Waals surface area contributed by atoms with E-state index in [1.165, 1.54) is 6.26 Å². The van der Waals surface area contributed by atoms with E-state index in [-0.39, 0.29) is 39.0 Å². The number of hydrogen-bond donors (Lipinski definition) is 8. The number of carboxylic acids is 5. The van der Waals surface area contributed by atoms with E-state index in [9.17, 15) is 63.6 Å². The summed E-state index contributed by atoms with van der Waals surface area (Å²) in [6, 6.07) is 5.17. The van der Waals surface area contributed by atoms with Gasteiger partial charge in [-0.2, -0.15) is 0 Å². The molecule has 1 aromatic heterocycles. The Hall–Kier alpha value is -6.47. The highest BCUT2D eigenvalue weighted by Crippen LogP contribution is 2.24. The number of rotatable bonds is 28. The number of nitrogens with two attached hydrogens (primary N) is 1. The van der Waals surface area contributed by atoms with Crippen LogP contribution in [0.4, 0.5) is 0 Å². The van der Waals surface area contributed by atoms with Gasteiger partial charge >= 0.3 is 29.8 Å². The Kier molecular flexibility index (Phi) is 18.3. The van der Waals surface area contributed by atoms with E-state index in [1.54, 1.807) is 30.3 Å². The fourth-order valence-corrected chi connectivity index (χ4v) is 5.55. The maximum atomic E-state index is 13.5. The minimum atomic E-state index is -1.69. The van der Waals surface area contributed by atoms with E-state index in [0.717, 1.165) is 4.90 Å². The Morgan fingerprint density at radius 1 is 0.782 bits per heavy atom. The van der Waals surface area contributed by atoms with Gasteiger partial charge in [0.1, 0.15) is 30.2 Å². The number of primary amides is 1. The fourth-order valence-electron chi connectivity index (χ4n) is 5.55. The van der Waals surface area contributed by atoms with E-state index < -0.39 is 110 Å². The van der Waals surface area contributed by atoms with Crippen LogP contribution in [-0.2, 0) is 62.7 Å². The number of ether oxygens (including phenoxy) is 1. The van der Waals surface area contributed by atoms with Crippen molar-refractivity contribution in [2.75, 3.05) is 6.54 Å². The quantitative estimate of drug-likeness (QED) is 0.0548. The molecule has 4 atom stereocenters. The van der Waals surface area contributed by atoms with Gasteiger partial charge in [-0.1, -0.05) is 12.1 Å². The van der Waals surface area contributed by atoms with E-state index in [4.69, 9.17) is 20.0 Å². The van der Waals surface area contributed by atoms with E-state index in [2.05, 4.69) is 10.6 Å². The third kappa shape index (κ3) is 16.0. The molecule has 20 heteroatoms. The van der Waals surface area contributed by atoms with Gasteiger partial charge in [0.15, 0.2) is 0 Å². The van der Waals surface area contributed by atoms with Gasteiger partial charge in [-0.15, -0.1) is 0 Å². The average Bonchev–Trinajstić information content (AvgIpc) is 3.58.